The molecule has 29 heavy (non-hydrogen) atoms. The van der Waals surface area contributed by atoms with Gasteiger partial charge in [-0.25, -0.2) is 0 Å². The highest BCUT2D eigenvalue weighted by Crippen LogP contribution is 2.22. The molecule has 2 heterocycles. The number of aryl methyl sites for hydroxylation is 2. The molecule has 1 N–H and O–H groups in total. The van der Waals surface area contributed by atoms with Crippen LogP contribution in [0.2, 0.25) is 0 Å². The third-order valence-corrected chi connectivity index (χ3v) is 5.30. The van der Waals surface area contributed by atoms with E-state index in [0.29, 0.717) is 16.9 Å². The number of rotatable bonds is 4. The van der Waals surface area contributed by atoms with Crippen molar-refractivity contribution in [2.45, 2.75) is 19.8 Å². The van der Waals surface area contributed by atoms with Crippen molar-refractivity contribution in [2.24, 2.45) is 7.05 Å². The number of nitrogens with zero attached hydrogens (tertiary/aromatic N) is 3. The van der Waals surface area contributed by atoms with E-state index in [4.69, 9.17) is 0 Å². The van der Waals surface area contributed by atoms with Gasteiger partial charge in [-0.05, 0) is 55.2 Å². The first-order chi connectivity index (χ1) is 14.0. The lowest BCUT2D eigenvalue weighted by Gasteiger charge is -2.16. The summed E-state index contributed by atoms with van der Waals surface area (Å²) in [4.78, 5) is 27.2. The highest BCUT2D eigenvalue weighted by atomic mass is 16.2. The molecule has 6 nitrogen and oxygen atoms in total. The Balaban J connectivity index is 1.51. The van der Waals surface area contributed by atoms with Gasteiger partial charge in [0.1, 0.15) is 0 Å². The Bertz CT molecular complexity index is 1050. The van der Waals surface area contributed by atoms with Gasteiger partial charge in [0.25, 0.3) is 11.8 Å². The summed E-state index contributed by atoms with van der Waals surface area (Å²) in [5.41, 5.74) is 4.42. The van der Waals surface area contributed by atoms with E-state index in [1.165, 1.54) is 0 Å². The maximum absolute atomic E-state index is 12.7. The lowest BCUT2D eigenvalue weighted by atomic mass is 10.1. The Labute approximate surface area is 170 Å². The Morgan fingerprint density at radius 3 is 2.41 bits per heavy atom. The van der Waals surface area contributed by atoms with Crippen LogP contribution < -0.4 is 5.32 Å². The maximum Gasteiger partial charge on any atom is 0.276 e. The van der Waals surface area contributed by atoms with E-state index in [0.717, 1.165) is 42.8 Å². The van der Waals surface area contributed by atoms with Gasteiger partial charge < -0.3 is 10.2 Å². The Hall–Kier alpha value is -3.41. The summed E-state index contributed by atoms with van der Waals surface area (Å²) < 4.78 is 1.70. The summed E-state index contributed by atoms with van der Waals surface area (Å²) in [7, 11) is 1.82. The molecule has 2 aromatic carbocycles. The fraction of sp³-hybridized carbons (Fsp3) is 0.261. The molecule has 148 valence electrons. The number of carbonyl (C=O) groups is 2. The Morgan fingerprint density at radius 1 is 1.00 bits per heavy atom. The minimum Gasteiger partial charge on any atom is -0.339 e. The van der Waals surface area contributed by atoms with Crippen LogP contribution in [0.15, 0.2) is 54.6 Å². The second-order valence-electron chi connectivity index (χ2n) is 7.39. The number of aromatic nitrogens is 2. The molecule has 4 rings (SSSR count). The second-order valence-corrected chi connectivity index (χ2v) is 7.39. The van der Waals surface area contributed by atoms with Crippen LogP contribution in [0, 0.1) is 6.92 Å². The lowest BCUT2D eigenvalue weighted by molar-refractivity contribution is 0.0792. The van der Waals surface area contributed by atoms with Crippen molar-refractivity contribution in [1.29, 1.82) is 0 Å². The van der Waals surface area contributed by atoms with Crippen LogP contribution in [0.25, 0.3) is 11.3 Å². The van der Waals surface area contributed by atoms with Crippen LogP contribution in [-0.2, 0) is 7.05 Å². The molecule has 1 aliphatic rings. The molecule has 0 spiro atoms. The summed E-state index contributed by atoms with van der Waals surface area (Å²) in [6, 6.07) is 17.0. The summed E-state index contributed by atoms with van der Waals surface area (Å²) >= 11 is 0. The number of benzene rings is 2. The van der Waals surface area contributed by atoms with Gasteiger partial charge in [-0.2, -0.15) is 5.10 Å². The minimum atomic E-state index is -0.274. The number of anilines is 1. The quantitative estimate of drug-likeness (QED) is 0.737. The second kappa shape index (κ2) is 7.91. The summed E-state index contributed by atoms with van der Waals surface area (Å²) in [6.07, 6.45) is 2.13. The van der Waals surface area contributed by atoms with E-state index in [1.807, 2.05) is 55.3 Å². The zero-order valence-electron chi connectivity index (χ0n) is 16.7. The third kappa shape index (κ3) is 3.92. The molecule has 1 aromatic heterocycles. The molecule has 6 heteroatoms. The van der Waals surface area contributed by atoms with E-state index in [-0.39, 0.29) is 11.8 Å². The predicted molar refractivity (Wildman–Crippen MR) is 113 cm³/mol. The number of likely N-dealkylation sites (tertiary alicyclic amines) is 1. The van der Waals surface area contributed by atoms with Crippen molar-refractivity contribution < 1.29 is 9.59 Å². The van der Waals surface area contributed by atoms with Crippen molar-refractivity contribution in [3.8, 4) is 11.3 Å². The zero-order chi connectivity index (χ0) is 20.4. The van der Waals surface area contributed by atoms with Crippen molar-refractivity contribution >= 4 is 17.5 Å². The van der Waals surface area contributed by atoms with Gasteiger partial charge in [-0.15, -0.1) is 0 Å². The summed E-state index contributed by atoms with van der Waals surface area (Å²) in [5.74, 6) is -0.217. The first-order valence-electron chi connectivity index (χ1n) is 9.83. The highest BCUT2D eigenvalue weighted by molar-refractivity contribution is 6.04. The average molecular weight is 388 g/mol. The predicted octanol–water partition coefficient (Wildman–Crippen LogP) is 3.88. The molecule has 1 fully saturated rings. The first-order valence-corrected chi connectivity index (χ1v) is 9.83. The fourth-order valence-electron chi connectivity index (χ4n) is 3.68. The molecule has 2 amide bonds. The van der Waals surface area contributed by atoms with Crippen LogP contribution in [0.3, 0.4) is 0 Å². The smallest absolute Gasteiger partial charge is 0.276 e. The van der Waals surface area contributed by atoms with Gasteiger partial charge in [0.05, 0.1) is 5.69 Å². The van der Waals surface area contributed by atoms with Gasteiger partial charge in [0.2, 0.25) is 0 Å². The number of nitrogens with one attached hydrogen (secondary N) is 1. The molecule has 0 radical (unpaired) electrons. The van der Waals surface area contributed by atoms with Crippen molar-refractivity contribution in [3.63, 3.8) is 0 Å². The van der Waals surface area contributed by atoms with Crippen LogP contribution in [0.1, 0.15) is 39.3 Å². The molecule has 0 saturated carbocycles. The lowest BCUT2D eigenvalue weighted by Crippen LogP contribution is -2.27. The van der Waals surface area contributed by atoms with Crippen molar-refractivity contribution in [2.75, 3.05) is 18.4 Å². The monoisotopic (exact) mass is 388 g/mol. The molecule has 0 unspecified atom stereocenters. The maximum atomic E-state index is 12.7. The number of amides is 2. The van der Waals surface area contributed by atoms with Crippen LogP contribution in [0.4, 0.5) is 5.69 Å². The molecule has 3 aromatic rings. The third-order valence-electron chi connectivity index (χ3n) is 5.30. The molecular formula is C23H24N4O2. The average Bonchev–Trinajstić information content (AvgIpc) is 3.39. The van der Waals surface area contributed by atoms with E-state index in [1.54, 1.807) is 22.9 Å². The number of hydrogen-bond donors (Lipinski definition) is 1. The molecule has 0 bridgehead atoms. The van der Waals surface area contributed by atoms with Crippen molar-refractivity contribution in [1.82, 2.24) is 14.7 Å². The fourth-order valence-corrected chi connectivity index (χ4v) is 3.68. The van der Waals surface area contributed by atoms with Gasteiger partial charge in [0.15, 0.2) is 5.69 Å². The number of carbonyl (C=O) groups excluding carboxylic acids is 2. The molecular weight excluding hydrogens is 364 g/mol. The normalized spacial score (nSPS) is 13.5. The van der Waals surface area contributed by atoms with E-state index in [2.05, 4.69) is 10.4 Å². The van der Waals surface area contributed by atoms with Crippen molar-refractivity contribution in [3.05, 3.63) is 71.4 Å². The zero-order valence-corrected chi connectivity index (χ0v) is 16.7. The highest BCUT2D eigenvalue weighted by Gasteiger charge is 2.20. The summed E-state index contributed by atoms with van der Waals surface area (Å²) in [6.45, 7) is 3.53. The summed E-state index contributed by atoms with van der Waals surface area (Å²) in [5, 5.41) is 7.27. The SMILES string of the molecule is Cc1cc(C(=O)N2CCCC2)ccc1NC(=O)c1cc(-c2ccccc2)n(C)n1. The topological polar surface area (TPSA) is 67.2 Å². The molecule has 1 saturated heterocycles. The Kier molecular flexibility index (Phi) is 5.16. The first kappa shape index (κ1) is 18.9. The van der Waals surface area contributed by atoms with E-state index in [9.17, 15) is 9.59 Å². The Morgan fingerprint density at radius 2 is 1.72 bits per heavy atom. The molecule has 0 atom stereocenters. The van der Waals surface area contributed by atoms with Gasteiger partial charge in [0, 0.05) is 31.4 Å². The largest absolute Gasteiger partial charge is 0.339 e. The molecule has 1 aliphatic heterocycles. The van der Waals surface area contributed by atoms with Crippen LogP contribution >= 0.6 is 0 Å². The number of hydrogen-bond acceptors (Lipinski definition) is 3. The van der Waals surface area contributed by atoms with Crippen LogP contribution in [-0.4, -0.2) is 39.6 Å². The van der Waals surface area contributed by atoms with Crippen LogP contribution in [0.5, 0.6) is 0 Å². The van der Waals surface area contributed by atoms with Gasteiger partial charge in [-0.1, -0.05) is 30.3 Å². The van der Waals surface area contributed by atoms with E-state index >= 15 is 0 Å². The minimum absolute atomic E-state index is 0.0562. The standard InChI is InChI=1S/C23H24N4O2/c1-16-14-18(23(29)27-12-6-7-13-27)10-11-19(16)24-22(28)20-15-21(26(2)25-20)17-8-4-3-5-9-17/h3-5,8-11,14-15H,6-7,12-13H2,1-2H3,(H,24,28). The van der Waals surface area contributed by atoms with Gasteiger partial charge in [-0.3, -0.25) is 14.3 Å². The molecule has 0 aliphatic carbocycles. The van der Waals surface area contributed by atoms with E-state index < -0.39 is 0 Å². The van der Waals surface area contributed by atoms with Gasteiger partial charge >= 0.3 is 0 Å².